The van der Waals surface area contributed by atoms with Crippen molar-refractivity contribution in [3.63, 3.8) is 0 Å². The summed E-state index contributed by atoms with van der Waals surface area (Å²) in [5.41, 5.74) is 2.43. The van der Waals surface area contributed by atoms with E-state index >= 15 is 0 Å². The number of hydrogen-bond acceptors (Lipinski definition) is 5. The fourth-order valence-electron chi connectivity index (χ4n) is 3.34. The van der Waals surface area contributed by atoms with Crippen molar-refractivity contribution in [2.45, 2.75) is 26.2 Å². The predicted octanol–water partition coefficient (Wildman–Crippen LogP) is 4.85. The molecule has 4 nitrogen and oxygen atoms in total. The second-order valence-corrected chi connectivity index (χ2v) is 8.16. The average molecular weight is 416 g/mol. The summed E-state index contributed by atoms with van der Waals surface area (Å²) < 4.78 is 1.07. The number of carbonyl (C=O) groups is 1. The summed E-state index contributed by atoms with van der Waals surface area (Å²) in [5.74, 6) is 1.31. The van der Waals surface area contributed by atoms with Crippen molar-refractivity contribution in [1.29, 1.82) is 0 Å². The Morgan fingerprint density at radius 1 is 1.16 bits per heavy atom. The third kappa shape index (κ3) is 3.09. The van der Waals surface area contributed by atoms with Crippen LogP contribution in [0.1, 0.15) is 24.6 Å². The Balaban J connectivity index is 1.91. The highest BCUT2D eigenvalue weighted by Crippen LogP contribution is 2.42. The lowest BCUT2D eigenvalue weighted by Crippen LogP contribution is -2.34. The Morgan fingerprint density at radius 2 is 1.88 bits per heavy atom. The van der Waals surface area contributed by atoms with E-state index in [1.165, 1.54) is 16.0 Å². The molecule has 1 fully saturated rings. The summed E-state index contributed by atoms with van der Waals surface area (Å²) in [7, 11) is 0. The van der Waals surface area contributed by atoms with Gasteiger partial charge in [0.05, 0.1) is 5.39 Å². The Hall–Kier alpha value is -1.79. The second-order valence-electron chi connectivity index (χ2n) is 6.16. The summed E-state index contributed by atoms with van der Waals surface area (Å²) >= 11 is 5.26. The molecule has 0 radical (unpaired) electrons. The minimum Gasteiger partial charge on any atom is -0.355 e. The highest BCUT2D eigenvalue weighted by Gasteiger charge is 2.24. The maximum atomic E-state index is 11.6. The summed E-state index contributed by atoms with van der Waals surface area (Å²) in [5, 5.41) is 1.13. The number of anilines is 1. The summed E-state index contributed by atoms with van der Waals surface area (Å²) in [6.07, 6.45) is 3.81. The number of thiophene rings is 1. The highest BCUT2D eigenvalue weighted by molar-refractivity contribution is 9.10. The lowest BCUT2D eigenvalue weighted by Gasteiger charge is -2.27. The van der Waals surface area contributed by atoms with Gasteiger partial charge in [-0.25, -0.2) is 9.97 Å². The summed E-state index contributed by atoms with van der Waals surface area (Å²) in [6, 6.07) is 8.42. The molecule has 0 spiro atoms. The molecule has 4 rings (SSSR count). The van der Waals surface area contributed by atoms with E-state index in [1.54, 1.807) is 17.7 Å². The number of piperidine rings is 1. The number of hydrogen-bond donors (Lipinski definition) is 0. The number of halogens is 1. The molecule has 3 aromatic rings. The molecule has 1 saturated heterocycles. The molecule has 0 saturated carbocycles. The molecule has 0 bridgehead atoms. The number of rotatable bonds is 3. The largest absolute Gasteiger partial charge is 0.355 e. The quantitative estimate of drug-likeness (QED) is 0.612. The van der Waals surface area contributed by atoms with Crippen LogP contribution in [0.2, 0.25) is 0 Å². The van der Waals surface area contributed by atoms with Gasteiger partial charge in [-0.2, -0.15) is 0 Å². The van der Waals surface area contributed by atoms with Crippen molar-refractivity contribution in [3.8, 4) is 11.1 Å². The molecule has 3 heterocycles. The standard InChI is InChI=1S/C19H18BrN3OS/c1-2-15-16(12-3-5-13(20)6-4-12)17-18(21-11-22-19(17)25-15)23-9-7-14(24)8-10-23/h3-6,11H,2,7-10H2,1H3. The van der Waals surface area contributed by atoms with E-state index in [9.17, 15) is 4.79 Å². The van der Waals surface area contributed by atoms with Crippen molar-refractivity contribution in [2.24, 2.45) is 0 Å². The van der Waals surface area contributed by atoms with Gasteiger partial charge in [0.15, 0.2) is 0 Å². The number of ketones is 1. The minimum absolute atomic E-state index is 0.342. The number of fused-ring (bicyclic) bond motifs is 1. The first-order valence-electron chi connectivity index (χ1n) is 8.46. The van der Waals surface area contributed by atoms with Gasteiger partial charge < -0.3 is 4.90 Å². The Labute approximate surface area is 159 Å². The molecule has 1 aliphatic heterocycles. The molecule has 1 aliphatic rings. The van der Waals surface area contributed by atoms with Crippen LogP contribution in [-0.4, -0.2) is 28.8 Å². The van der Waals surface area contributed by atoms with Crippen molar-refractivity contribution >= 4 is 49.1 Å². The van der Waals surface area contributed by atoms with Crippen LogP contribution in [0.4, 0.5) is 5.82 Å². The molecular formula is C19H18BrN3OS. The van der Waals surface area contributed by atoms with E-state index in [1.807, 2.05) is 0 Å². The van der Waals surface area contributed by atoms with E-state index in [0.717, 1.165) is 40.0 Å². The highest BCUT2D eigenvalue weighted by atomic mass is 79.9. The third-order valence-electron chi connectivity index (χ3n) is 4.62. The zero-order valence-corrected chi connectivity index (χ0v) is 16.4. The molecule has 0 N–H and O–H groups in total. The number of carbonyl (C=O) groups excluding carboxylic acids is 1. The minimum atomic E-state index is 0.342. The molecular weight excluding hydrogens is 398 g/mol. The van der Waals surface area contributed by atoms with E-state index in [2.05, 4.69) is 62.0 Å². The number of benzene rings is 1. The first-order chi connectivity index (χ1) is 12.2. The number of aryl methyl sites for hydroxylation is 1. The van der Waals surface area contributed by atoms with Crippen LogP contribution in [0.3, 0.4) is 0 Å². The van der Waals surface area contributed by atoms with Gasteiger partial charge in [0, 0.05) is 40.8 Å². The van der Waals surface area contributed by atoms with E-state index < -0.39 is 0 Å². The van der Waals surface area contributed by atoms with Crippen molar-refractivity contribution in [1.82, 2.24) is 9.97 Å². The Kier molecular flexibility index (Phi) is 4.56. The van der Waals surface area contributed by atoms with Crippen molar-refractivity contribution in [2.75, 3.05) is 18.0 Å². The van der Waals surface area contributed by atoms with Gasteiger partial charge in [-0.15, -0.1) is 11.3 Å². The van der Waals surface area contributed by atoms with Gasteiger partial charge in [0.2, 0.25) is 0 Å². The first-order valence-corrected chi connectivity index (χ1v) is 10.1. The molecule has 128 valence electrons. The van der Waals surface area contributed by atoms with Gasteiger partial charge in [0.1, 0.15) is 22.8 Å². The topological polar surface area (TPSA) is 46.1 Å². The molecule has 0 atom stereocenters. The fraction of sp³-hybridized carbons (Fsp3) is 0.316. The predicted molar refractivity (Wildman–Crippen MR) is 106 cm³/mol. The molecule has 1 aromatic carbocycles. The van der Waals surface area contributed by atoms with Crippen LogP contribution >= 0.6 is 27.3 Å². The van der Waals surface area contributed by atoms with Crippen LogP contribution in [-0.2, 0) is 11.2 Å². The van der Waals surface area contributed by atoms with Gasteiger partial charge >= 0.3 is 0 Å². The van der Waals surface area contributed by atoms with Crippen LogP contribution in [0.15, 0.2) is 35.1 Å². The van der Waals surface area contributed by atoms with Crippen molar-refractivity contribution in [3.05, 3.63) is 39.9 Å². The lowest BCUT2D eigenvalue weighted by molar-refractivity contribution is -0.119. The average Bonchev–Trinajstić information content (AvgIpc) is 3.02. The zero-order valence-electron chi connectivity index (χ0n) is 14.0. The molecule has 25 heavy (non-hydrogen) atoms. The molecule has 0 unspecified atom stereocenters. The van der Waals surface area contributed by atoms with E-state index in [0.29, 0.717) is 18.6 Å². The number of Topliss-reactive ketones (excluding diaryl/α,β-unsaturated/α-hetero) is 1. The van der Waals surface area contributed by atoms with Crippen LogP contribution in [0, 0.1) is 0 Å². The first kappa shape index (κ1) is 16.7. The maximum Gasteiger partial charge on any atom is 0.141 e. The maximum absolute atomic E-state index is 11.6. The smallest absolute Gasteiger partial charge is 0.141 e. The number of aromatic nitrogens is 2. The molecule has 0 aliphatic carbocycles. The van der Waals surface area contributed by atoms with Crippen LogP contribution in [0.5, 0.6) is 0 Å². The molecule has 2 aromatic heterocycles. The summed E-state index contributed by atoms with van der Waals surface area (Å²) in [6.45, 7) is 3.66. The van der Waals surface area contributed by atoms with E-state index in [-0.39, 0.29) is 0 Å². The zero-order chi connectivity index (χ0) is 17.4. The van der Waals surface area contributed by atoms with Gasteiger partial charge in [-0.3, -0.25) is 4.79 Å². The van der Waals surface area contributed by atoms with Crippen LogP contribution in [0.25, 0.3) is 21.3 Å². The third-order valence-corrected chi connectivity index (χ3v) is 6.39. The summed E-state index contributed by atoms with van der Waals surface area (Å²) in [4.78, 5) is 25.3. The lowest BCUT2D eigenvalue weighted by atomic mass is 10.0. The Morgan fingerprint density at radius 3 is 2.56 bits per heavy atom. The van der Waals surface area contributed by atoms with E-state index in [4.69, 9.17) is 0 Å². The Bertz CT molecular complexity index is 926. The number of nitrogens with zero attached hydrogens (tertiary/aromatic N) is 3. The van der Waals surface area contributed by atoms with Crippen molar-refractivity contribution < 1.29 is 4.79 Å². The normalized spacial score (nSPS) is 15.1. The fourth-order valence-corrected chi connectivity index (χ4v) is 4.70. The van der Waals surface area contributed by atoms with Gasteiger partial charge in [-0.1, -0.05) is 35.0 Å². The van der Waals surface area contributed by atoms with Gasteiger partial charge in [-0.05, 0) is 24.1 Å². The van der Waals surface area contributed by atoms with Gasteiger partial charge in [0.25, 0.3) is 0 Å². The second kappa shape index (κ2) is 6.84. The molecule has 0 amide bonds. The SMILES string of the molecule is CCc1sc2ncnc(N3CCC(=O)CC3)c2c1-c1ccc(Br)cc1. The monoisotopic (exact) mass is 415 g/mol. The molecule has 6 heteroatoms. The van der Waals surface area contributed by atoms with Crippen LogP contribution < -0.4 is 4.90 Å².